The summed E-state index contributed by atoms with van der Waals surface area (Å²) in [6, 6.07) is 8.14. The molecule has 1 aromatic rings. The van der Waals surface area contributed by atoms with Gasteiger partial charge in [-0.1, -0.05) is 12.1 Å². The molecule has 1 aliphatic carbocycles. The summed E-state index contributed by atoms with van der Waals surface area (Å²) in [5.41, 5.74) is 1.26. The highest BCUT2D eigenvalue weighted by molar-refractivity contribution is 7.99. The number of rotatable bonds is 4. The second-order valence-electron chi connectivity index (χ2n) is 5.45. The van der Waals surface area contributed by atoms with Crippen LogP contribution in [0, 0.1) is 11.7 Å². The van der Waals surface area contributed by atoms with Crippen molar-refractivity contribution in [1.29, 1.82) is 0 Å². The Morgan fingerprint density at radius 1 is 1.17 bits per heavy atom. The van der Waals surface area contributed by atoms with Crippen molar-refractivity contribution in [1.82, 2.24) is 5.32 Å². The maximum absolute atomic E-state index is 13.0. The van der Waals surface area contributed by atoms with E-state index >= 15 is 0 Å². The van der Waals surface area contributed by atoms with E-state index in [0.717, 1.165) is 5.92 Å². The predicted octanol–water partition coefficient (Wildman–Crippen LogP) is 3.76. The third-order valence-corrected chi connectivity index (χ3v) is 5.11. The van der Waals surface area contributed by atoms with Crippen LogP contribution in [0.4, 0.5) is 4.39 Å². The molecule has 0 bridgehead atoms. The molecule has 3 heteroatoms. The number of benzene rings is 1. The highest BCUT2D eigenvalue weighted by Crippen LogP contribution is 2.41. The summed E-state index contributed by atoms with van der Waals surface area (Å²) in [4.78, 5) is 0. The standard InChI is InChI=1S/C15H20FNS/c16-13-7-5-12(6-8-13)15(11-3-4-11)17-14-2-1-9-18-10-14/h5-8,11,14-15,17H,1-4,9-10H2. The van der Waals surface area contributed by atoms with Crippen LogP contribution in [0.2, 0.25) is 0 Å². The monoisotopic (exact) mass is 265 g/mol. The van der Waals surface area contributed by atoms with E-state index in [4.69, 9.17) is 0 Å². The Balaban J connectivity index is 1.69. The summed E-state index contributed by atoms with van der Waals surface area (Å²) < 4.78 is 13.0. The van der Waals surface area contributed by atoms with Gasteiger partial charge >= 0.3 is 0 Å². The summed E-state index contributed by atoms with van der Waals surface area (Å²) in [5, 5.41) is 3.81. The SMILES string of the molecule is Fc1ccc(C(NC2CCCSC2)C2CC2)cc1. The molecule has 1 nitrogen and oxygen atoms in total. The van der Waals surface area contributed by atoms with E-state index in [1.165, 1.54) is 42.8 Å². The van der Waals surface area contributed by atoms with Crippen molar-refractivity contribution in [3.63, 3.8) is 0 Å². The van der Waals surface area contributed by atoms with Crippen molar-refractivity contribution in [3.8, 4) is 0 Å². The van der Waals surface area contributed by atoms with Crippen LogP contribution in [0.3, 0.4) is 0 Å². The van der Waals surface area contributed by atoms with E-state index in [-0.39, 0.29) is 5.82 Å². The molecular formula is C15H20FNS. The van der Waals surface area contributed by atoms with E-state index in [1.807, 2.05) is 12.1 Å². The van der Waals surface area contributed by atoms with Crippen LogP contribution in [-0.4, -0.2) is 17.5 Å². The fourth-order valence-electron chi connectivity index (χ4n) is 2.73. The summed E-state index contributed by atoms with van der Waals surface area (Å²) in [6.07, 6.45) is 5.24. The van der Waals surface area contributed by atoms with Gasteiger partial charge in [0, 0.05) is 17.8 Å². The van der Waals surface area contributed by atoms with Gasteiger partial charge in [-0.3, -0.25) is 0 Å². The first kappa shape index (κ1) is 12.5. The van der Waals surface area contributed by atoms with Crippen LogP contribution >= 0.6 is 11.8 Å². The maximum Gasteiger partial charge on any atom is 0.123 e. The molecule has 3 rings (SSSR count). The van der Waals surface area contributed by atoms with Crippen LogP contribution in [0.15, 0.2) is 24.3 Å². The molecule has 0 amide bonds. The number of nitrogens with one attached hydrogen (secondary N) is 1. The molecule has 1 heterocycles. The smallest absolute Gasteiger partial charge is 0.123 e. The average molecular weight is 265 g/mol. The summed E-state index contributed by atoms with van der Waals surface area (Å²) in [5.74, 6) is 3.16. The third kappa shape index (κ3) is 3.07. The zero-order chi connectivity index (χ0) is 12.4. The maximum atomic E-state index is 13.0. The molecule has 1 N–H and O–H groups in total. The molecule has 2 aliphatic rings. The van der Waals surface area contributed by atoms with Crippen molar-refractivity contribution in [3.05, 3.63) is 35.6 Å². The Bertz CT molecular complexity index is 382. The highest BCUT2D eigenvalue weighted by atomic mass is 32.2. The molecule has 2 unspecified atom stereocenters. The fourth-order valence-corrected chi connectivity index (χ4v) is 3.82. The first-order valence-corrected chi connectivity index (χ1v) is 8.07. The molecule has 18 heavy (non-hydrogen) atoms. The topological polar surface area (TPSA) is 12.0 Å². The van der Waals surface area contributed by atoms with Crippen molar-refractivity contribution in [2.75, 3.05) is 11.5 Å². The lowest BCUT2D eigenvalue weighted by Crippen LogP contribution is -2.37. The van der Waals surface area contributed by atoms with E-state index in [9.17, 15) is 4.39 Å². The van der Waals surface area contributed by atoms with Gasteiger partial charge < -0.3 is 5.32 Å². The van der Waals surface area contributed by atoms with Gasteiger partial charge in [0.25, 0.3) is 0 Å². The molecule has 0 radical (unpaired) electrons. The lowest BCUT2D eigenvalue weighted by Gasteiger charge is -2.28. The van der Waals surface area contributed by atoms with Gasteiger partial charge in [0.15, 0.2) is 0 Å². The Morgan fingerprint density at radius 3 is 2.56 bits per heavy atom. The first-order chi connectivity index (χ1) is 8.83. The van der Waals surface area contributed by atoms with Crippen LogP contribution in [0.25, 0.3) is 0 Å². The number of hydrogen-bond donors (Lipinski definition) is 1. The van der Waals surface area contributed by atoms with Gasteiger partial charge in [-0.2, -0.15) is 11.8 Å². The van der Waals surface area contributed by atoms with E-state index in [1.54, 1.807) is 12.1 Å². The largest absolute Gasteiger partial charge is 0.306 e. The third-order valence-electron chi connectivity index (χ3n) is 3.90. The van der Waals surface area contributed by atoms with Gasteiger partial charge in [0.05, 0.1) is 0 Å². The van der Waals surface area contributed by atoms with E-state index in [0.29, 0.717) is 12.1 Å². The average Bonchev–Trinajstić information content (AvgIpc) is 3.23. The molecule has 0 spiro atoms. The van der Waals surface area contributed by atoms with Gasteiger partial charge in [-0.15, -0.1) is 0 Å². The zero-order valence-corrected chi connectivity index (χ0v) is 11.4. The predicted molar refractivity (Wildman–Crippen MR) is 75.3 cm³/mol. The summed E-state index contributed by atoms with van der Waals surface area (Å²) in [6.45, 7) is 0. The lowest BCUT2D eigenvalue weighted by atomic mass is 10.0. The molecule has 98 valence electrons. The summed E-state index contributed by atoms with van der Waals surface area (Å²) >= 11 is 2.05. The molecular weight excluding hydrogens is 245 g/mol. The van der Waals surface area contributed by atoms with Crippen LogP contribution in [0.5, 0.6) is 0 Å². The Labute approximate surface area is 113 Å². The molecule has 0 aromatic heterocycles. The van der Waals surface area contributed by atoms with Gasteiger partial charge in [-0.05, 0) is 55.1 Å². The molecule has 2 atom stereocenters. The van der Waals surface area contributed by atoms with Gasteiger partial charge in [0.1, 0.15) is 5.82 Å². The number of thioether (sulfide) groups is 1. The van der Waals surface area contributed by atoms with Crippen LogP contribution in [-0.2, 0) is 0 Å². The minimum atomic E-state index is -0.137. The van der Waals surface area contributed by atoms with Crippen molar-refractivity contribution >= 4 is 11.8 Å². The van der Waals surface area contributed by atoms with Gasteiger partial charge in [0.2, 0.25) is 0 Å². The minimum absolute atomic E-state index is 0.137. The van der Waals surface area contributed by atoms with Crippen molar-refractivity contribution in [2.45, 2.75) is 37.8 Å². The highest BCUT2D eigenvalue weighted by Gasteiger charge is 2.33. The Hall–Kier alpha value is -0.540. The lowest BCUT2D eigenvalue weighted by molar-refractivity contribution is 0.402. The van der Waals surface area contributed by atoms with Gasteiger partial charge in [-0.25, -0.2) is 4.39 Å². The van der Waals surface area contributed by atoms with Crippen LogP contribution < -0.4 is 5.32 Å². The number of hydrogen-bond acceptors (Lipinski definition) is 2. The second-order valence-corrected chi connectivity index (χ2v) is 6.60. The summed E-state index contributed by atoms with van der Waals surface area (Å²) in [7, 11) is 0. The molecule has 1 aromatic carbocycles. The second kappa shape index (κ2) is 5.62. The Kier molecular flexibility index (Phi) is 3.90. The normalized spacial score (nSPS) is 25.9. The first-order valence-electron chi connectivity index (χ1n) is 6.92. The molecule has 1 saturated carbocycles. The Morgan fingerprint density at radius 2 is 1.94 bits per heavy atom. The van der Waals surface area contributed by atoms with Crippen molar-refractivity contribution in [2.24, 2.45) is 5.92 Å². The van der Waals surface area contributed by atoms with E-state index in [2.05, 4.69) is 17.1 Å². The molecule has 2 fully saturated rings. The van der Waals surface area contributed by atoms with Crippen molar-refractivity contribution < 1.29 is 4.39 Å². The quantitative estimate of drug-likeness (QED) is 0.889. The zero-order valence-electron chi connectivity index (χ0n) is 10.6. The minimum Gasteiger partial charge on any atom is -0.306 e. The van der Waals surface area contributed by atoms with E-state index < -0.39 is 0 Å². The number of halogens is 1. The molecule has 1 saturated heterocycles. The van der Waals surface area contributed by atoms with Crippen LogP contribution in [0.1, 0.15) is 37.3 Å². The molecule has 1 aliphatic heterocycles. The fraction of sp³-hybridized carbons (Fsp3) is 0.600.